The van der Waals surface area contributed by atoms with Crippen LogP contribution in [0.25, 0.3) is 0 Å². The van der Waals surface area contributed by atoms with E-state index in [4.69, 9.17) is 18.9 Å². The summed E-state index contributed by atoms with van der Waals surface area (Å²) in [5, 5.41) is 76.5. The lowest BCUT2D eigenvalue weighted by Gasteiger charge is -2.66. The SMILES string of the molecule is CC(=O)NC1(C)C(C)(COC[C@]2(C)OC(C)(CO)[C@](C)(O)C(C)(O)C2(C)O)[C@H](O)C(C)(CO)O[C@@]1(C)COC(=O)CCCCC1SC[C@@H]2NC(=O)N[C@H]12. The van der Waals surface area contributed by atoms with Crippen molar-refractivity contribution in [1.29, 1.82) is 0 Å². The minimum atomic E-state index is -2.22. The molecule has 13 atom stereocenters. The van der Waals surface area contributed by atoms with E-state index in [1.807, 2.05) is 0 Å². The molecule has 7 unspecified atom stereocenters. The van der Waals surface area contributed by atoms with E-state index in [1.165, 1.54) is 48.5 Å². The van der Waals surface area contributed by atoms with Gasteiger partial charge >= 0.3 is 12.0 Å². The maximum absolute atomic E-state index is 13.1. The number of thioether (sulfide) groups is 1. The number of hydrogen-bond donors (Lipinski definition) is 9. The maximum Gasteiger partial charge on any atom is 0.315 e. The topological polar surface area (TPSA) is 246 Å². The van der Waals surface area contributed by atoms with Crippen molar-refractivity contribution in [3.63, 3.8) is 0 Å². The summed E-state index contributed by atoms with van der Waals surface area (Å²) in [5.74, 6) is -0.139. The van der Waals surface area contributed by atoms with Crippen molar-refractivity contribution in [3.8, 4) is 0 Å². The number of fused-ring (bicyclic) bond motifs is 1. The van der Waals surface area contributed by atoms with Gasteiger partial charge in [0, 0.05) is 29.8 Å². The summed E-state index contributed by atoms with van der Waals surface area (Å²) in [6.07, 6.45) is 0.749. The van der Waals surface area contributed by atoms with Crippen molar-refractivity contribution in [2.45, 2.75) is 163 Å². The van der Waals surface area contributed by atoms with Crippen LogP contribution < -0.4 is 16.0 Å². The number of unbranched alkanes of at least 4 members (excludes halogenated alkanes) is 1. The van der Waals surface area contributed by atoms with Gasteiger partial charge in [-0.1, -0.05) is 13.3 Å². The molecule has 0 aromatic carbocycles. The van der Waals surface area contributed by atoms with Crippen LogP contribution in [-0.4, -0.2) is 156 Å². The van der Waals surface area contributed by atoms with Crippen LogP contribution in [0, 0.1) is 5.41 Å². The van der Waals surface area contributed by atoms with Gasteiger partial charge in [-0.15, -0.1) is 0 Å². The van der Waals surface area contributed by atoms with E-state index >= 15 is 0 Å². The molecule has 0 aromatic rings. The molecule has 3 amide bonds. The average Bonchev–Trinajstić information content (AvgIpc) is 3.62. The van der Waals surface area contributed by atoms with Crippen molar-refractivity contribution in [1.82, 2.24) is 16.0 Å². The smallest absolute Gasteiger partial charge is 0.315 e. The zero-order valence-corrected chi connectivity index (χ0v) is 33.6. The Morgan fingerprint density at radius 1 is 0.849 bits per heavy atom. The Labute approximate surface area is 316 Å². The highest BCUT2D eigenvalue weighted by Crippen LogP contribution is 2.56. The minimum Gasteiger partial charge on any atom is -0.463 e. The standard InChI is InChI=1S/C36H63N3O13S/c1-21(42)39-33(7)28(2,18-49-19-32(6)35(9,47)36(10,48)34(8,46)30(4,17-41)52-32)26(44)29(3,16-40)51-31(33,5)20-50-24(43)14-12-11-13-23-25-22(15-53-23)37-27(45)38-25/h22-23,25-26,40-41,44,46-48H,11-20H2,1-10H3,(H,39,42)(H2,37,38,45)/t22-,23?,25-,26-,28?,29?,30?,31-,32-,33?,34-,35?,36?/m0/s1. The van der Waals surface area contributed by atoms with Gasteiger partial charge in [-0.3, -0.25) is 9.59 Å². The Kier molecular flexibility index (Phi) is 12.1. The molecule has 0 bridgehead atoms. The molecule has 0 spiro atoms. The van der Waals surface area contributed by atoms with E-state index in [9.17, 15) is 45.0 Å². The average molecular weight is 778 g/mol. The van der Waals surface area contributed by atoms with Crippen LogP contribution in [0.2, 0.25) is 0 Å². The molecule has 4 saturated heterocycles. The first-order chi connectivity index (χ1) is 24.2. The molecule has 16 nitrogen and oxygen atoms in total. The number of hydrogen-bond acceptors (Lipinski definition) is 14. The number of rotatable bonds is 14. The fraction of sp³-hybridized carbons (Fsp3) is 0.917. The lowest BCUT2D eigenvalue weighted by atomic mass is 9.55. The fourth-order valence-electron chi connectivity index (χ4n) is 8.93. The number of amides is 3. The number of aliphatic hydroxyl groups excluding tert-OH is 3. The predicted octanol–water partition coefficient (Wildman–Crippen LogP) is -0.133. The van der Waals surface area contributed by atoms with Gasteiger partial charge in [0.1, 0.15) is 45.8 Å². The number of esters is 1. The van der Waals surface area contributed by atoms with E-state index in [2.05, 4.69) is 16.0 Å². The summed E-state index contributed by atoms with van der Waals surface area (Å²) < 4.78 is 24.7. The molecule has 0 aromatic heterocycles. The van der Waals surface area contributed by atoms with Crippen molar-refractivity contribution in [2.75, 3.05) is 38.8 Å². The van der Waals surface area contributed by atoms with E-state index in [-0.39, 0.29) is 43.0 Å². The Morgan fingerprint density at radius 2 is 1.47 bits per heavy atom. The van der Waals surface area contributed by atoms with E-state index < -0.39 is 88.0 Å². The summed E-state index contributed by atoms with van der Waals surface area (Å²) in [4.78, 5) is 37.6. The molecule has 0 saturated carbocycles. The summed E-state index contributed by atoms with van der Waals surface area (Å²) in [6, 6.07) is 0.0362. The second kappa shape index (κ2) is 14.6. The molecule has 4 rings (SSSR count). The summed E-state index contributed by atoms with van der Waals surface area (Å²) >= 11 is 1.80. The molecule has 4 aliphatic rings. The quantitative estimate of drug-likeness (QED) is 0.0634. The van der Waals surface area contributed by atoms with Gasteiger partial charge in [0.05, 0.1) is 50.2 Å². The lowest BCUT2D eigenvalue weighted by molar-refractivity contribution is -0.408. The molecular weight excluding hydrogens is 714 g/mol. The molecule has 17 heteroatoms. The number of urea groups is 1. The van der Waals surface area contributed by atoms with Crippen molar-refractivity contribution in [3.05, 3.63) is 0 Å². The molecule has 0 aliphatic carbocycles. The number of ether oxygens (including phenoxy) is 4. The number of nitrogens with one attached hydrogen (secondary N) is 3. The van der Waals surface area contributed by atoms with Gasteiger partial charge in [0.25, 0.3) is 0 Å². The van der Waals surface area contributed by atoms with E-state index in [0.29, 0.717) is 6.42 Å². The lowest BCUT2D eigenvalue weighted by Crippen LogP contribution is -2.85. The molecule has 9 N–H and O–H groups in total. The van der Waals surface area contributed by atoms with Gasteiger partial charge in [-0.25, -0.2) is 4.79 Å². The monoisotopic (exact) mass is 777 g/mol. The molecule has 53 heavy (non-hydrogen) atoms. The zero-order valence-electron chi connectivity index (χ0n) is 32.8. The Morgan fingerprint density at radius 3 is 2.06 bits per heavy atom. The molecule has 306 valence electrons. The minimum absolute atomic E-state index is 0.0713. The highest BCUT2D eigenvalue weighted by Gasteiger charge is 2.74. The van der Waals surface area contributed by atoms with Crippen LogP contribution in [0.1, 0.15) is 94.9 Å². The van der Waals surface area contributed by atoms with Gasteiger partial charge in [0.2, 0.25) is 5.91 Å². The summed E-state index contributed by atoms with van der Waals surface area (Å²) in [5.41, 5.74) is -16.2. The number of carbonyl (C=O) groups excluding carboxylic acids is 3. The van der Waals surface area contributed by atoms with Gasteiger partial charge in [-0.05, 0) is 68.2 Å². The van der Waals surface area contributed by atoms with Crippen LogP contribution in [0.4, 0.5) is 4.79 Å². The Hall–Kier alpha value is -1.80. The first-order valence-corrected chi connectivity index (χ1v) is 19.4. The Bertz CT molecular complexity index is 1400. The summed E-state index contributed by atoms with van der Waals surface area (Å²) in [7, 11) is 0. The Balaban J connectivity index is 1.52. The number of aliphatic hydroxyl groups is 6. The van der Waals surface area contributed by atoms with Crippen molar-refractivity contribution >= 4 is 29.7 Å². The van der Waals surface area contributed by atoms with E-state index in [0.717, 1.165) is 18.6 Å². The van der Waals surface area contributed by atoms with Crippen LogP contribution in [0.15, 0.2) is 0 Å². The van der Waals surface area contributed by atoms with Crippen LogP contribution in [-0.2, 0) is 28.5 Å². The molecule has 4 aliphatic heterocycles. The normalized spacial score (nSPS) is 48.1. The zero-order chi connectivity index (χ0) is 40.3. The van der Waals surface area contributed by atoms with Gasteiger partial charge in [-0.2, -0.15) is 11.8 Å². The van der Waals surface area contributed by atoms with Crippen molar-refractivity contribution < 1.29 is 64.0 Å². The van der Waals surface area contributed by atoms with E-state index in [1.54, 1.807) is 32.5 Å². The number of carbonyl (C=O) groups is 3. The van der Waals surface area contributed by atoms with Gasteiger partial charge < -0.3 is 65.5 Å². The largest absolute Gasteiger partial charge is 0.463 e. The highest BCUT2D eigenvalue weighted by atomic mass is 32.2. The molecule has 0 radical (unpaired) electrons. The molecular formula is C36H63N3O13S. The van der Waals surface area contributed by atoms with Crippen LogP contribution in [0.3, 0.4) is 0 Å². The third-order valence-corrected chi connectivity index (χ3v) is 15.1. The summed E-state index contributed by atoms with van der Waals surface area (Å²) in [6.45, 7) is 11.9. The first-order valence-electron chi connectivity index (χ1n) is 18.3. The predicted molar refractivity (Wildman–Crippen MR) is 194 cm³/mol. The second-order valence-corrected chi connectivity index (χ2v) is 18.7. The fourth-order valence-corrected chi connectivity index (χ4v) is 10.5. The van der Waals surface area contributed by atoms with Crippen LogP contribution in [0.5, 0.6) is 0 Å². The second-order valence-electron chi connectivity index (χ2n) is 17.4. The molecule has 4 heterocycles. The third-order valence-electron chi connectivity index (χ3n) is 13.6. The van der Waals surface area contributed by atoms with Crippen LogP contribution >= 0.6 is 11.8 Å². The third kappa shape index (κ3) is 6.99. The van der Waals surface area contributed by atoms with Crippen molar-refractivity contribution in [2.24, 2.45) is 5.41 Å². The van der Waals surface area contributed by atoms with Gasteiger partial charge in [0.15, 0.2) is 0 Å². The highest BCUT2D eigenvalue weighted by molar-refractivity contribution is 8.00. The first kappa shape index (κ1) is 43.9. The maximum atomic E-state index is 13.1. The molecule has 4 fully saturated rings.